The zero-order valence-electron chi connectivity index (χ0n) is 12.1. The van der Waals surface area contributed by atoms with Gasteiger partial charge in [0.1, 0.15) is 11.6 Å². The summed E-state index contributed by atoms with van der Waals surface area (Å²) in [4.78, 5) is 4.31. The number of halogens is 2. The van der Waals surface area contributed by atoms with Crippen molar-refractivity contribution in [1.82, 2.24) is 9.55 Å². The predicted molar refractivity (Wildman–Crippen MR) is 82.3 cm³/mol. The molecule has 0 aliphatic heterocycles. The van der Waals surface area contributed by atoms with Crippen molar-refractivity contribution in [1.29, 1.82) is 0 Å². The summed E-state index contributed by atoms with van der Waals surface area (Å²) in [6, 6.07) is 13.4. The summed E-state index contributed by atoms with van der Waals surface area (Å²) in [5.74, 6) is -0.517. The lowest BCUT2D eigenvalue weighted by Gasteiger charge is -2.09. The van der Waals surface area contributed by atoms with Gasteiger partial charge in [-0.1, -0.05) is 36.4 Å². The molecular formula is C17H15F2N3. The van der Waals surface area contributed by atoms with E-state index in [2.05, 4.69) is 10.3 Å². The van der Waals surface area contributed by atoms with Crippen molar-refractivity contribution < 1.29 is 8.78 Å². The van der Waals surface area contributed by atoms with Crippen LogP contribution >= 0.6 is 0 Å². The van der Waals surface area contributed by atoms with Crippen LogP contribution in [0.4, 0.5) is 14.7 Å². The summed E-state index contributed by atoms with van der Waals surface area (Å²) in [7, 11) is 1.89. The second kappa shape index (κ2) is 5.97. The van der Waals surface area contributed by atoms with E-state index < -0.39 is 11.6 Å². The van der Waals surface area contributed by atoms with Crippen molar-refractivity contribution in [3.05, 3.63) is 71.9 Å². The normalized spacial score (nSPS) is 10.7. The Morgan fingerprint density at radius 2 is 1.86 bits per heavy atom. The van der Waals surface area contributed by atoms with Crippen molar-refractivity contribution >= 4 is 5.95 Å². The zero-order valence-corrected chi connectivity index (χ0v) is 12.1. The molecule has 112 valence electrons. The smallest absolute Gasteiger partial charge is 0.203 e. The second-order valence-corrected chi connectivity index (χ2v) is 4.98. The molecule has 1 aromatic heterocycles. The Balaban J connectivity index is 1.78. The minimum absolute atomic E-state index is 0.241. The van der Waals surface area contributed by atoms with Gasteiger partial charge in [0.25, 0.3) is 0 Å². The topological polar surface area (TPSA) is 29.9 Å². The van der Waals surface area contributed by atoms with Crippen LogP contribution in [-0.2, 0) is 13.6 Å². The van der Waals surface area contributed by atoms with Gasteiger partial charge in [-0.05, 0) is 11.6 Å². The van der Waals surface area contributed by atoms with Crippen LogP contribution in [0.25, 0.3) is 11.3 Å². The van der Waals surface area contributed by atoms with Gasteiger partial charge >= 0.3 is 0 Å². The van der Waals surface area contributed by atoms with Crippen LogP contribution in [0.5, 0.6) is 0 Å². The number of aromatic nitrogens is 2. The second-order valence-electron chi connectivity index (χ2n) is 4.98. The van der Waals surface area contributed by atoms with Crippen LogP contribution < -0.4 is 5.32 Å². The number of nitrogens with zero attached hydrogens (tertiary/aromatic N) is 2. The largest absolute Gasteiger partial charge is 0.351 e. The van der Waals surface area contributed by atoms with E-state index in [1.54, 1.807) is 6.20 Å². The number of rotatable bonds is 4. The summed E-state index contributed by atoms with van der Waals surface area (Å²) in [5, 5.41) is 3.07. The third-order valence-corrected chi connectivity index (χ3v) is 3.51. The van der Waals surface area contributed by atoms with Crippen LogP contribution in [0.15, 0.2) is 54.7 Å². The monoisotopic (exact) mass is 299 g/mol. The van der Waals surface area contributed by atoms with Gasteiger partial charge in [0.05, 0.1) is 11.9 Å². The Labute approximate surface area is 127 Å². The summed E-state index contributed by atoms with van der Waals surface area (Å²) in [5.41, 5.74) is 2.41. The van der Waals surface area contributed by atoms with Gasteiger partial charge in [0, 0.05) is 25.2 Å². The van der Waals surface area contributed by atoms with Gasteiger partial charge in [0.15, 0.2) is 0 Å². The molecule has 0 spiro atoms. The lowest BCUT2D eigenvalue weighted by Crippen LogP contribution is -2.07. The average Bonchev–Trinajstić information content (AvgIpc) is 2.88. The maximum Gasteiger partial charge on any atom is 0.203 e. The number of benzene rings is 2. The fourth-order valence-corrected chi connectivity index (χ4v) is 2.29. The van der Waals surface area contributed by atoms with Gasteiger partial charge in [0.2, 0.25) is 5.95 Å². The molecule has 0 atom stereocenters. The molecule has 3 rings (SSSR count). The molecule has 2 aromatic carbocycles. The lowest BCUT2D eigenvalue weighted by atomic mass is 10.2. The molecule has 1 heterocycles. The first-order chi connectivity index (χ1) is 10.6. The fraction of sp³-hybridized carbons (Fsp3) is 0.118. The van der Waals surface area contributed by atoms with E-state index in [0.717, 1.165) is 17.3 Å². The van der Waals surface area contributed by atoms with E-state index in [9.17, 15) is 8.78 Å². The molecule has 0 fully saturated rings. The van der Waals surface area contributed by atoms with Crippen LogP contribution in [-0.4, -0.2) is 9.55 Å². The maximum absolute atomic E-state index is 13.6. The zero-order chi connectivity index (χ0) is 15.5. The molecule has 0 aliphatic carbocycles. The van der Waals surface area contributed by atoms with Crippen LogP contribution in [0, 0.1) is 11.6 Å². The van der Waals surface area contributed by atoms with Crippen LogP contribution in [0.3, 0.4) is 0 Å². The standard InChI is InChI=1S/C17H15F2N3/c1-22-16(12-5-3-2-4-6-12)11-21-17(22)20-10-13-7-8-14(18)9-15(13)19/h2-9,11H,10H2,1H3,(H,20,21). The number of hydrogen-bond donors (Lipinski definition) is 1. The molecule has 0 amide bonds. The van der Waals surface area contributed by atoms with Crippen molar-refractivity contribution in [3.8, 4) is 11.3 Å². The maximum atomic E-state index is 13.6. The first kappa shape index (κ1) is 14.3. The quantitative estimate of drug-likeness (QED) is 0.790. The van der Waals surface area contributed by atoms with Crippen molar-refractivity contribution in [2.24, 2.45) is 7.05 Å². The third-order valence-electron chi connectivity index (χ3n) is 3.51. The number of anilines is 1. The van der Waals surface area contributed by atoms with Crippen molar-refractivity contribution in [3.63, 3.8) is 0 Å². The highest BCUT2D eigenvalue weighted by atomic mass is 19.1. The van der Waals surface area contributed by atoms with E-state index in [1.807, 2.05) is 41.9 Å². The van der Waals surface area contributed by atoms with E-state index in [0.29, 0.717) is 11.5 Å². The Hall–Kier alpha value is -2.69. The molecule has 0 saturated heterocycles. The van der Waals surface area contributed by atoms with Crippen LogP contribution in [0.2, 0.25) is 0 Å². The summed E-state index contributed by atoms with van der Waals surface area (Å²) < 4.78 is 28.4. The molecule has 22 heavy (non-hydrogen) atoms. The van der Waals surface area contributed by atoms with Gasteiger partial charge in [-0.2, -0.15) is 0 Å². The van der Waals surface area contributed by atoms with Gasteiger partial charge in [-0.25, -0.2) is 13.8 Å². The highest BCUT2D eigenvalue weighted by molar-refractivity contribution is 5.61. The SMILES string of the molecule is Cn1c(-c2ccccc2)cnc1NCc1ccc(F)cc1F. The van der Waals surface area contributed by atoms with E-state index in [-0.39, 0.29) is 6.54 Å². The fourth-order valence-electron chi connectivity index (χ4n) is 2.29. The summed E-state index contributed by atoms with van der Waals surface area (Å²) in [6.45, 7) is 0.241. The number of hydrogen-bond acceptors (Lipinski definition) is 2. The Bertz CT molecular complexity index is 782. The molecular weight excluding hydrogens is 284 g/mol. The van der Waals surface area contributed by atoms with Crippen molar-refractivity contribution in [2.45, 2.75) is 6.54 Å². The molecule has 5 heteroatoms. The molecule has 3 nitrogen and oxygen atoms in total. The van der Waals surface area contributed by atoms with Gasteiger partial charge in [-0.15, -0.1) is 0 Å². The Kier molecular flexibility index (Phi) is 3.87. The minimum Gasteiger partial charge on any atom is -0.351 e. The lowest BCUT2D eigenvalue weighted by molar-refractivity contribution is 0.574. The highest BCUT2D eigenvalue weighted by Crippen LogP contribution is 2.22. The Morgan fingerprint density at radius 1 is 1.09 bits per heavy atom. The molecule has 0 aliphatic rings. The third kappa shape index (κ3) is 2.83. The van der Waals surface area contributed by atoms with Gasteiger partial charge in [-0.3, -0.25) is 0 Å². The molecule has 0 unspecified atom stereocenters. The van der Waals surface area contributed by atoms with Crippen LogP contribution in [0.1, 0.15) is 5.56 Å². The molecule has 0 bridgehead atoms. The highest BCUT2D eigenvalue weighted by Gasteiger charge is 2.09. The minimum atomic E-state index is -0.579. The first-order valence-electron chi connectivity index (χ1n) is 6.90. The number of nitrogens with one attached hydrogen (secondary N) is 1. The average molecular weight is 299 g/mol. The molecule has 0 saturated carbocycles. The molecule has 0 radical (unpaired) electrons. The molecule has 3 aromatic rings. The van der Waals surface area contributed by atoms with E-state index in [4.69, 9.17) is 0 Å². The van der Waals surface area contributed by atoms with Gasteiger partial charge < -0.3 is 9.88 Å². The Morgan fingerprint density at radius 3 is 2.59 bits per heavy atom. The summed E-state index contributed by atoms with van der Waals surface area (Å²) >= 11 is 0. The number of imidazole rings is 1. The van der Waals surface area contributed by atoms with E-state index >= 15 is 0 Å². The summed E-state index contributed by atoms with van der Waals surface area (Å²) in [6.07, 6.45) is 1.76. The predicted octanol–water partition coefficient (Wildman–Crippen LogP) is 3.98. The first-order valence-corrected chi connectivity index (χ1v) is 6.90. The molecule has 1 N–H and O–H groups in total. The van der Waals surface area contributed by atoms with Crippen molar-refractivity contribution in [2.75, 3.05) is 5.32 Å². The van der Waals surface area contributed by atoms with E-state index in [1.165, 1.54) is 12.1 Å².